The van der Waals surface area contributed by atoms with E-state index in [0.29, 0.717) is 13.0 Å². The van der Waals surface area contributed by atoms with Crippen molar-refractivity contribution >= 4 is 11.8 Å². The van der Waals surface area contributed by atoms with Gasteiger partial charge in [0.1, 0.15) is 12.1 Å². The van der Waals surface area contributed by atoms with Crippen LogP contribution in [0, 0.1) is 0 Å². The van der Waals surface area contributed by atoms with Crippen LogP contribution in [0.15, 0.2) is 12.2 Å². The topological polar surface area (TPSA) is 40.6 Å². The molecular formula is C14H22N2O2. The monoisotopic (exact) mass is 250 g/mol. The average Bonchev–Trinajstić information content (AvgIpc) is 2.36. The number of fused-ring (bicyclic) bond motifs is 1. The zero-order chi connectivity index (χ0) is 13.3. The minimum absolute atomic E-state index is 0.115. The molecule has 0 spiro atoms. The van der Waals surface area contributed by atoms with Crippen LogP contribution in [0.2, 0.25) is 0 Å². The van der Waals surface area contributed by atoms with Gasteiger partial charge in [0.15, 0.2) is 0 Å². The van der Waals surface area contributed by atoms with E-state index in [0.717, 1.165) is 31.4 Å². The van der Waals surface area contributed by atoms with Gasteiger partial charge in [-0.3, -0.25) is 9.59 Å². The lowest BCUT2D eigenvalue weighted by atomic mass is 9.94. The molecule has 2 fully saturated rings. The Hall–Kier alpha value is -1.32. The van der Waals surface area contributed by atoms with E-state index in [1.807, 2.05) is 13.8 Å². The fraction of sp³-hybridized carbons (Fsp3) is 0.714. The molecule has 4 nitrogen and oxygen atoms in total. The molecule has 2 aliphatic rings. The summed E-state index contributed by atoms with van der Waals surface area (Å²) in [5.41, 5.74) is 0.929. The lowest BCUT2D eigenvalue weighted by molar-refractivity contribution is -0.163. The number of carbonyl (C=O) groups excluding carboxylic acids is 2. The average molecular weight is 250 g/mol. The highest BCUT2D eigenvalue weighted by Gasteiger charge is 2.45. The predicted octanol–water partition coefficient (Wildman–Crippen LogP) is 1.56. The zero-order valence-electron chi connectivity index (χ0n) is 11.3. The highest BCUT2D eigenvalue weighted by atomic mass is 16.2. The summed E-state index contributed by atoms with van der Waals surface area (Å²) in [6.45, 7) is 8.98. The molecule has 0 radical (unpaired) electrons. The maximum atomic E-state index is 12.5. The first-order valence-electron chi connectivity index (χ1n) is 6.81. The van der Waals surface area contributed by atoms with Crippen molar-refractivity contribution < 1.29 is 9.59 Å². The van der Waals surface area contributed by atoms with Crippen molar-refractivity contribution in [2.45, 2.75) is 51.6 Å². The van der Waals surface area contributed by atoms with Gasteiger partial charge in [0.25, 0.3) is 0 Å². The molecule has 0 aromatic carbocycles. The van der Waals surface area contributed by atoms with Crippen LogP contribution in [0.25, 0.3) is 0 Å². The molecule has 0 bridgehead atoms. The van der Waals surface area contributed by atoms with E-state index in [-0.39, 0.29) is 23.9 Å². The van der Waals surface area contributed by atoms with Crippen molar-refractivity contribution in [3.8, 4) is 0 Å². The molecule has 0 aliphatic carbocycles. The number of nitrogens with zero attached hydrogens (tertiary/aromatic N) is 2. The Morgan fingerprint density at radius 2 is 2.06 bits per heavy atom. The van der Waals surface area contributed by atoms with Crippen molar-refractivity contribution in [3.63, 3.8) is 0 Å². The number of hydrogen-bond donors (Lipinski definition) is 0. The van der Waals surface area contributed by atoms with Crippen LogP contribution in [0.1, 0.15) is 39.5 Å². The number of hydrogen-bond acceptors (Lipinski definition) is 2. The molecule has 18 heavy (non-hydrogen) atoms. The molecule has 2 saturated heterocycles. The van der Waals surface area contributed by atoms with E-state index in [2.05, 4.69) is 6.58 Å². The Labute approximate surface area is 109 Å². The maximum absolute atomic E-state index is 12.5. The molecule has 2 unspecified atom stereocenters. The Morgan fingerprint density at radius 3 is 2.67 bits per heavy atom. The second-order valence-electron chi connectivity index (χ2n) is 5.39. The maximum Gasteiger partial charge on any atom is 0.246 e. The molecule has 2 amide bonds. The smallest absolute Gasteiger partial charge is 0.246 e. The van der Waals surface area contributed by atoms with Gasteiger partial charge in [-0.2, -0.15) is 0 Å². The summed E-state index contributed by atoms with van der Waals surface area (Å²) in [4.78, 5) is 28.5. The summed E-state index contributed by atoms with van der Waals surface area (Å²) in [5.74, 6) is 0.243. The van der Waals surface area contributed by atoms with Crippen molar-refractivity contribution in [3.05, 3.63) is 12.2 Å². The van der Waals surface area contributed by atoms with E-state index in [1.54, 1.807) is 9.80 Å². The highest BCUT2D eigenvalue weighted by Crippen LogP contribution is 2.27. The largest absolute Gasteiger partial charge is 0.329 e. The van der Waals surface area contributed by atoms with Gasteiger partial charge in [0, 0.05) is 13.1 Å². The van der Waals surface area contributed by atoms with Gasteiger partial charge in [-0.1, -0.05) is 19.1 Å². The summed E-state index contributed by atoms with van der Waals surface area (Å²) in [5, 5.41) is 0. The highest BCUT2D eigenvalue weighted by molar-refractivity contribution is 5.97. The van der Waals surface area contributed by atoms with Gasteiger partial charge in [0.05, 0.1) is 0 Å². The molecule has 2 heterocycles. The quantitative estimate of drug-likeness (QED) is 0.713. The van der Waals surface area contributed by atoms with Crippen molar-refractivity contribution in [1.82, 2.24) is 9.80 Å². The summed E-state index contributed by atoms with van der Waals surface area (Å²) < 4.78 is 0. The summed E-state index contributed by atoms with van der Waals surface area (Å²) in [7, 11) is 0. The van der Waals surface area contributed by atoms with Gasteiger partial charge < -0.3 is 9.80 Å². The van der Waals surface area contributed by atoms with Gasteiger partial charge in [-0.15, -0.1) is 0 Å². The minimum atomic E-state index is -0.288. The number of piperazine rings is 1. The first-order valence-corrected chi connectivity index (χ1v) is 6.81. The fourth-order valence-corrected chi connectivity index (χ4v) is 3.00. The van der Waals surface area contributed by atoms with Crippen LogP contribution in [0.5, 0.6) is 0 Å². The standard InChI is InChI=1S/C14H22N2O2/c1-4-11-13(17)15-8-6-5-7-12(15)14(18)16(11)9-10(2)3/h11-12H,2,4-9H2,1,3H3. The Balaban J connectivity index is 2.26. The number of rotatable bonds is 3. The molecular weight excluding hydrogens is 228 g/mol. The van der Waals surface area contributed by atoms with Crippen LogP contribution >= 0.6 is 0 Å². The van der Waals surface area contributed by atoms with Crippen LogP contribution < -0.4 is 0 Å². The Bertz CT molecular complexity index is 378. The lowest BCUT2D eigenvalue weighted by Crippen LogP contribution is -2.65. The van der Waals surface area contributed by atoms with E-state index < -0.39 is 0 Å². The molecule has 100 valence electrons. The zero-order valence-corrected chi connectivity index (χ0v) is 11.3. The molecule has 2 rings (SSSR count). The third kappa shape index (κ3) is 2.16. The van der Waals surface area contributed by atoms with Gasteiger partial charge in [-0.05, 0) is 32.6 Å². The minimum Gasteiger partial charge on any atom is -0.329 e. The summed E-state index contributed by atoms with van der Waals surface area (Å²) in [6, 6.07) is -0.503. The SMILES string of the molecule is C=C(C)CN1C(=O)C2CCCCN2C(=O)C1CC. The molecule has 0 saturated carbocycles. The molecule has 0 aromatic rings. The van der Waals surface area contributed by atoms with Gasteiger partial charge in [-0.25, -0.2) is 0 Å². The van der Waals surface area contributed by atoms with Crippen LogP contribution in [-0.2, 0) is 9.59 Å². The molecule has 2 atom stereocenters. The van der Waals surface area contributed by atoms with Crippen molar-refractivity contribution in [2.75, 3.05) is 13.1 Å². The summed E-state index contributed by atoms with van der Waals surface area (Å²) >= 11 is 0. The Morgan fingerprint density at radius 1 is 1.33 bits per heavy atom. The second-order valence-corrected chi connectivity index (χ2v) is 5.39. The van der Waals surface area contributed by atoms with Crippen molar-refractivity contribution in [2.24, 2.45) is 0 Å². The van der Waals surface area contributed by atoms with E-state index in [4.69, 9.17) is 0 Å². The first kappa shape index (κ1) is 13.1. The number of carbonyl (C=O) groups is 2. The third-order valence-corrected chi connectivity index (χ3v) is 3.84. The fourth-order valence-electron chi connectivity index (χ4n) is 3.00. The van der Waals surface area contributed by atoms with E-state index >= 15 is 0 Å². The molecule has 0 N–H and O–H groups in total. The third-order valence-electron chi connectivity index (χ3n) is 3.84. The van der Waals surface area contributed by atoms with E-state index in [1.165, 1.54) is 0 Å². The van der Waals surface area contributed by atoms with Crippen LogP contribution in [0.3, 0.4) is 0 Å². The van der Waals surface area contributed by atoms with E-state index in [9.17, 15) is 9.59 Å². The number of amides is 2. The first-order chi connectivity index (χ1) is 8.56. The predicted molar refractivity (Wildman–Crippen MR) is 70.0 cm³/mol. The van der Waals surface area contributed by atoms with Crippen LogP contribution in [0.4, 0.5) is 0 Å². The van der Waals surface area contributed by atoms with Gasteiger partial charge in [0.2, 0.25) is 11.8 Å². The molecule has 2 aliphatic heterocycles. The normalized spacial score (nSPS) is 28.3. The molecule has 0 aromatic heterocycles. The molecule has 4 heteroatoms. The van der Waals surface area contributed by atoms with Crippen LogP contribution in [-0.4, -0.2) is 46.8 Å². The Kier molecular flexibility index (Phi) is 3.73. The van der Waals surface area contributed by atoms with Crippen molar-refractivity contribution in [1.29, 1.82) is 0 Å². The number of piperidine rings is 1. The summed E-state index contributed by atoms with van der Waals surface area (Å²) in [6.07, 6.45) is 3.55. The second kappa shape index (κ2) is 5.12. The van der Waals surface area contributed by atoms with Gasteiger partial charge >= 0.3 is 0 Å². The lowest BCUT2D eigenvalue weighted by Gasteiger charge is -2.47.